The Balaban J connectivity index is 2.24. The normalized spacial score (nSPS) is 12.2. The molecule has 1 atom stereocenters. The molecule has 0 N–H and O–H groups in total. The number of para-hydroxylation sites is 2. The summed E-state index contributed by atoms with van der Waals surface area (Å²) >= 11 is 0. The number of methoxy groups -OCH3 is 1. The second kappa shape index (κ2) is 6.96. The van der Waals surface area contributed by atoms with Gasteiger partial charge in [0.15, 0.2) is 11.5 Å². The van der Waals surface area contributed by atoms with E-state index in [0.717, 1.165) is 23.6 Å². The Hall–Kier alpha value is -2.00. The Bertz CT molecular complexity index is 526. The first-order valence-electron chi connectivity index (χ1n) is 6.70. The van der Waals surface area contributed by atoms with Crippen LogP contribution in [0.1, 0.15) is 11.7 Å². The summed E-state index contributed by atoms with van der Waals surface area (Å²) in [5.41, 5.74) is 1.16. The summed E-state index contributed by atoms with van der Waals surface area (Å²) in [6.07, 6.45) is -0.0255. The summed E-state index contributed by atoms with van der Waals surface area (Å²) in [5.74, 6) is 1.53. The molecule has 0 aliphatic carbocycles. The standard InChI is InChI=1S/C17H21NO2/c1-18(2)13-17(14-9-5-4-6-10-14)20-16-12-8-7-11-15(16)19-3/h4-12,17H,13H2,1-3H3/t17-/m0/s1. The molecule has 0 amide bonds. The van der Waals surface area contributed by atoms with Crippen molar-refractivity contribution < 1.29 is 9.47 Å². The van der Waals surface area contributed by atoms with Crippen molar-refractivity contribution >= 4 is 0 Å². The molecule has 0 saturated heterocycles. The highest BCUT2D eigenvalue weighted by atomic mass is 16.5. The van der Waals surface area contributed by atoms with Crippen LogP contribution in [-0.4, -0.2) is 32.6 Å². The van der Waals surface area contributed by atoms with Gasteiger partial charge in [-0.15, -0.1) is 0 Å². The molecule has 3 nitrogen and oxygen atoms in total. The van der Waals surface area contributed by atoms with Crippen molar-refractivity contribution in [2.45, 2.75) is 6.10 Å². The van der Waals surface area contributed by atoms with E-state index in [1.54, 1.807) is 7.11 Å². The van der Waals surface area contributed by atoms with Gasteiger partial charge in [0.1, 0.15) is 6.10 Å². The Morgan fingerprint density at radius 2 is 1.50 bits per heavy atom. The molecule has 3 heteroatoms. The molecule has 0 aromatic heterocycles. The first-order chi connectivity index (χ1) is 9.70. The van der Waals surface area contributed by atoms with Gasteiger partial charge in [0.25, 0.3) is 0 Å². The lowest BCUT2D eigenvalue weighted by Crippen LogP contribution is -2.24. The quantitative estimate of drug-likeness (QED) is 0.804. The SMILES string of the molecule is COc1ccccc1O[C@@H](CN(C)C)c1ccccc1. The van der Waals surface area contributed by atoms with Crippen LogP contribution in [-0.2, 0) is 0 Å². The van der Waals surface area contributed by atoms with Crippen LogP contribution in [0.4, 0.5) is 0 Å². The van der Waals surface area contributed by atoms with Gasteiger partial charge in [-0.05, 0) is 31.8 Å². The van der Waals surface area contributed by atoms with E-state index in [1.807, 2.05) is 56.6 Å². The zero-order valence-electron chi connectivity index (χ0n) is 12.2. The molecule has 0 bridgehead atoms. The van der Waals surface area contributed by atoms with E-state index >= 15 is 0 Å². The first-order valence-corrected chi connectivity index (χ1v) is 6.70. The Morgan fingerprint density at radius 1 is 0.900 bits per heavy atom. The molecule has 2 aromatic rings. The van der Waals surface area contributed by atoms with Gasteiger partial charge in [0, 0.05) is 6.54 Å². The maximum Gasteiger partial charge on any atom is 0.162 e. The van der Waals surface area contributed by atoms with Gasteiger partial charge in [-0.3, -0.25) is 0 Å². The summed E-state index contributed by atoms with van der Waals surface area (Å²) in [5, 5.41) is 0. The van der Waals surface area contributed by atoms with Crippen molar-refractivity contribution in [1.29, 1.82) is 0 Å². The average molecular weight is 271 g/mol. The van der Waals surface area contributed by atoms with Crippen LogP contribution in [0.15, 0.2) is 54.6 Å². The van der Waals surface area contributed by atoms with E-state index in [4.69, 9.17) is 9.47 Å². The van der Waals surface area contributed by atoms with Gasteiger partial charge in [-0.1, -0.05) is 42.5 Å². The first kappa shape index (κ1) is 14.4. The van der Waals surface area contributed by atoms with Crippen molar-refractivity contribution in [2.24, 2.45) is 0 Å². The van der Waals surface area contributed by atoms with Crippen LogP contribution in [0.3, 0.4) is 0 Å². The van der Waals surface area contributed by atoms with Gasteiger partial charge >= 0.3 is 0 Å². The maximum absolute atomic E-state index is 6.17. The zero-order valence-corrected chi connectivity index (χ0v) is 12.2. The van der Waals surface area contributed by atoms with Crippen LogP contribution in [0.5, 0.6) is 11.5 Å². The van der Waals surface area contributed by atoms with Crippen LogP contribution in [0.2, 0.25) is 0 Å². The van der Waals surface area contributed by atoms with Crippen molar-refractivity contribution in [2.75, 3.05) is 27.7 Å². The fraction of sp³-hybridized carbons (Fsp3) is 0.294. The van der Waals surface area contributed by atoms with Gasteiger partial charge in [0.2, 0.25) is 0 Å². The molecule has 0 saturated carbocycles. The fourth-order valence-corrected chi connectivity index (χ4v) is 2.08. The predicted octanol–water partition coefficient (Wildman–Crippen LogP) is 3.38. The molecule has 0 unspecified atom stereocenters. The molecule has 20 heavy (non-hydrogen) atoms. The van der Waals surface area contributed by atoms with Crippen LogP contribution < -0.4 is 9.47 Å². The summed E-state index contributed by atoms with van der Waals surface area (Å²) in [6, 6.07) is 18.0. The van der Waals surface area contributed by atoms with Crippen LogP contribution in [0, 0.1) is 0 Å². The number of benzene rings is 2. The third-order valence-corrected chi connectivity index (χ3v) is 3.04. The zero-order chi connectivity index (χ0) is 14.4. The molecule has 0 radical (unpaired) electrons. The minimum atomic E-state index is -0.0255. The summed E-state index contributed by atoms with van der Waals surface area (Å²) in [6.45, 7) is 0.808. The highest BCUT2D eigenvalue weighted by Gasteiger charge is 2.16. The van der Waals surface area contributed by atoms with Crippen molar-refractivity contribution in [3.8, 4) is 11.5 Å². The Morgan fingerprint density at radius 3 is 2.10 bits per heavy atom. The minimum Gasteiger partial charge on any atom is -0.493 e. The lowest BCUT2D eigenvalue weighted by Gasteiger charge is -2.23. The van der Waals surface area contributed by atoms with Crippen LogP contribution in [0.25, 0.3) is 0 Å². The number of ether oxygens (including phenoxy) is 2. The van der Waals surface area contributed by atoms with Crippen LogP contribution >= 0.6 is 0 Å². The maximum atomic E-state index is 6.17. The Labute approximate surface area is 120 Å². The monoisotopic (exact) mass is 271 g/mol. The molecule has 2 rings (SSSR count). The van der Waals surface area contributed by atoms with E-state index in [2.05, 4.69) is 17.0 Å². The summed E-state index contributed by atoms with van der Waals surface area (Å²) in [4.78, 5) is 2.12. The third kappa shape index (κ3) is 3.75. The number of likely N-dealkylation sites (N-methyl/N-ethyl adjacent to an activating group) is 1. The highest BCUT2D eigenvalue weighted by Crippen LogP contribution is 2.30. The second-order valence-electron chi connectivity index (χ2n) is 4.93. The molecule has 0 aliphatic heterocycles. The minimum absolute atomic E-state index is 0.0255. The second-order valence-corrected chi connectivity index (χ2v) is 4.93. The topological polar surface area (TPSA) is 21.7 Å². The van der Waals surface area contributed by atoms with Gasteiger partial charge in [-0.25, -0.2) is 0 Å². The third-order valence-electron chi connectivity index (χ3n) is 3.04. The molecule has 0 spiro atoms. The average Bonchev–Trinajstić information content (AvgIpc) is 2.47. The van der Waals surface area contributed by atoms with Crippen molar-refractivity contribution in [1.82, 2.24) is 4.90 Å². The molecular formula is C17H21NO2. The lowest BCUT2D eigenvalue weighted by atomic mass is 10.1. The number of hydrogen-bond donors (Lipinski definition) is 0. The number of nitrogens with zero attached hydrogens (tertiary/aromatic N) is 1. The van der Waals surface area contributed by atoms with E-state index in [1.165, 1.54) is 0 Å². The van der Waals surface area contributed by atoms with E-state index in [-0.39, 0.29) is 6.10 Å². The van der Waals surface area contributed by atoms with Gasteiger partial charge in [-0.2, -0.15) is 0 Å². The Kier molecular flexibility index (Phi) is 5.02. The van der Waals surface area contributed by atoms with Gasteiger partial charge in [0.05, 0.1) is 7.11 Å². The molecular weight excluding hydrogens is 250 g/mol. The lowest BCUT2D eigenvalue weighted by molar-refractivity contribution is 0.157. The molecule has 106 valence electrons. The number of hydrogen-bond acceptors (Lipinski definition) is 3. The van der Waals surface area contributed by atoms with Gasteiger partial charge < -0.3 is 14.4 Å². The smallest absolute Gasteiger partial charge is 0.162 e. The van der Waals surface area contributed by atoms with Crippen molar-refractivity contribution in [3.05, 3.63) is 60.2 Å². The van der Waals surface area contributed by atoms with E-state index in [0.29, 0.717) is 0 Å². The summed E-state index contributed by atoms with van der Waals surface area (Å²) < 4.78 is 11.5. The number of rotatable bonds is 6. The molecule has 2 aromatic carbocycles. The largest absolute Gasteiger partial charge is 0.493 e. The summed E-state index contributed by atoms with van der Waals surface area (Å²) in [7, 11) is 5.74. The fourth-order valence-electron chi connectivity index (χ4n) is 2.08. The highest BCUT2D eigenvalue weighted by molar-refractivity contribution is 5.40. The molecule has 0 fully saturated rings. The van der Waals surface area contributed by atoms with E-state index < -0.39 is 0 Å². The van der Waals surface area contributed by atoms with Crippen molar-refractivity contribution in [3.63, 3.8) is 0 Å². The predicted molar refractivity (Wildman–Crippen MR) is 81.4 cm³/mol. The molecule has 0 heterocycles. The van der Waals surface area contributed by atoms with E-state index in [9.17, 15) is 0 Å². The molecule has 0 aliphatic rings.